The van der Waals surface area contributed by atoms with Crippen LogP contribution in [0.3, 0.4) is 0 Å². The Morgan fingerprint density at radius 1 is 1.69 bits per heavy atom. The monoisotopic (exact) mass is 221 g/mol. The van der Waals surface area contributed by atoms with E-state index in [-0.39, 0.29) is 11.8 Å². The smallest absolute Gasteiger partial charge is 0.234 e. The van der Waals surface area contributed by atoms with Gasteiger partial charge in [0.15, 0.2) is 0 Å². The van der Waals surface area contributed by atoms with E-state index < -0.39 is 0 Å². The summed E-state index contributed by atoms with van der Waals surface area (Å²) in [6.45, 7) is 1.10. The van der Waals surface area contributed by atoms with Gasteiger partial charge in [-0.15, -0.1) is 11.6 Å². The summed E-state index contributed by atoms with van der Waals surface area (Å²) in [7, 11) is 0. The van der Waals surface area contributed by atoms with Crippen LogP contribution in [0, 0.1) is 0 Å². The number of nitrogens with one attached hydrogen (secondary N) is 1. The Morgan fingerprint density at radius 2 is 2.46 bits per heavy atom. The average molecular weight is 222 g/mol. The van der Waals surface area contributed by atoms with Gasteiger partial charge in [-0.2, -0.15) is 5.10 Å². The van der Waals surface area contributed by atoms with Gasteiger partial charge in [-0.1, -0.05) is 11.6 Å². The summed E-state index contributed by atoms with van der Waals surface area (Å²) >= 11 is 10.9. The largest absolute Gasteiger partial charge is 0.353 e. The number of rotatable bonds is 4. The van der Waals surface area contributed by atoms with Crippen molar-refractivity contribution < 1.29 is 4.79 Å². The highest BCUT2D eigenvalue weighted by Gasteiger charge is 1.98. The summed E-state index contributed by atoms with van der Waals surface area (Å²) in [5.74, 6) is -0.195. The molecule has 1 heterocycles. The number of halogens is 2. The molecular formula is C7H9Cl2N3O. The minimum absolute atomic E-state index is 0.0140. The van der Waals surface area contributed by atoms with Crippen molar-refractivity contribution in [1.82, 2.24) is 15.1 Å². The summed E-state index contributed by atoms with van der Waals surface area (Å²) in [5.41, 5.74) is 0. The Bertz CT molecular complexity index is 287. The van der Waals surface area contributed by atoms with Crippen LogP contribution in [0.4, 0.5) is 0 Å². The second-order valence-corrected chi connectivity index (χ2v) is 3.11. The molecule has 0 bridgehead atoms. The summed E-state index contributed by atoms with van der Waals surface area (Å²) in [6, 6.07) is 0. The number of carbonyl (C=O) groups is 1. The minimum atomic E-state index is -0.181. The van der Waals surface area contributed by atoms with Crippen LogP contribution in [0.2, 0.25) is 5.02 Å². The Hall–Kier alpha value is -0.740. The van der Waals surface area contributed by atoms with Gasteiger partial charge in [0.25, 0.3) is 0 Å². The average Bonchev–Trinajstić information content (AvgIpc) is 2.51. The van der Waals surface area contributed by atoms with Crippen molar-refractivity contribution in [2.24, 2.45) is 0 Å². The van der Waals surface area contributed by atoms with Gasteiger partial charge in [0, 0.05) is 12.7 Å². The number of aromatic nitrogens is 2. The highest BCUT2D eigenvalue weighted by molar-refractivity contribution is 6.30. The molecule has 0 radical (unpaired) electrons. The highest BCUT2D eigenvalue weighted by atomic mass is 35.5. The fourth-order valence-corrected chi connectivity index (χ4v) is 1.07. The number of alkyl halides is 1. The maximum Gasteiger partial charge on any atom is 0.234 e. The summed E-state index contributed by atoms with van der Waals surface area (Å²) in [5, 5.41) is 7.14. The van der Waals surface area contributed by atoms with E-state index in [9.17, 15) is 4.79 Å². The van der Waals surface area contributed by atoms with Gasteiger partial charge in [0.1, 0.15) is 5.88 Å². The molecule has 0 aliphatic carbocycles. The van der Waals surface area contributed by atoms with Gasteiger partial charge in [0.05, 0.1) is 17.8 Å². The molecule has 72 valence electrons. The molecule has 0 atom stereocenters. The normalized spacial score (nSPS) is 10.0. The molecule has 4 nitrogen and oxygen atoms in total. The summed E-state index contributed by atoms with van der Waals surface area (Å²) < 4.78 is 1.65. The van der Waals surface area contributed by atoms with Crippen LogP contribution in [0.25, 0.3) is 0 Å². The van der Waals surface area contributed by atoms with Crippen molar-refractivity contribution in [1.29, 1.82) is 0 Å². The van der Waals surface area contributed by atoms with E-state index in [1.165, 1.54) is 0 Å². The van der Waals surface area contributed by atoms with Crippen molar-refractivity contribution in [2.45, 2.75) is 6.54 Å². The quantitative estimate of drug-likeness (QED) is 0.769. The van der Waals surface area contributed by atoms with Gasteiger partial charge in [-0.25, -0.2) is 0 Å². The van der Waals surface area contributed by atoms with E-state index in [4.69, 9.17) is 23.2 Å². The Labute approximate surface area is 85.8 Å². The molecule has 0 saturated carbocycles. The molecule has 1 rings (SSSR count). The standard InChI is InChI=1S/C7H9Cl2N3O/c8-3-7(13)10-1-2-12-5-6(9)4-11-12/h4-5H,1-3H2,(H,10,13). The van der Waals surface area contributed by atoms with Crippen molar-refractivity contribution in [2.75, 3.05) is 12.4 Å². The van der Waals surface area contributed by atoms with Crippen LogP contribution in [-0.4, -0.2) is 28.1 Å². The van der Waals surface area contributed by atoms with Crippen LogP contribution >= 0.6 is 23.2 Å². The van der Waals surface area contributed by atoms with Crippen molar-refractivity contribution >= 4 is 29.1 Å². The first-order valence-corrected chi connectivity index (χ1v) is 4.64. The van der Waals surface area contributed by atoms with Gasteiger partial charge in [-0.3, -0.25) is 9.48 Å². The topological polar surface area (TPSA) is 46.9 Å². The lowest BCUT2D eigenvalue weighted by Crippen LogP contribution is -2.28. The number of hydrogen-bond donors (Lipinski definition) is 1. The molecule has 6 heteroatoms. The lowest BCUT2D eigenvalue weighted by molar-refractivity contribution is -0.118. The maximum absolute atomic E-state index is 10.7. The zero-order chi connectivity index (χ0) is 9.68. The maximum atomic E-state index is 10.7. The fraction of sp³-hybridized carbons (Fsp3) is 0.429. The number of hydrogen-bond acceptors (Lipinski definition) is 2. The molecule has 1 aromatic rings. The highest BCUT2D eigenvalue weighted by Crippen LogP contribution is 2.03. The van der Waals surface area contributed by atoms with Crippen LogP contribution < -0.4 is 5.32 Å². The molecule has 0 unspecified atom stereocenters. The Balaban J connectivity index is 2.24. The SMILES string of the molecule is O=C(CCl)NCCn1cc(Cl)cn1. The third-order valence-electron chi connectivity index (χ3n) is 1.39. The first kappa shape index (κ1) is 10.3. The predicted molar refractivity (Wildman–Crippen MR) is 51.0 cm³/mol. The van der Waals surface area contributed by atoms with Crippen molar-refractivity contribution in [3.8, 4) is 0 Å². The molecule has 0 aliphatic heterocycles. The van der Waals surface area contributed by atoms with Gasteiger partial charge in [0.2, 0.25) is 5.91 Å². The zero-order valence-electron chi connectivity index (χ0n) is 6.83. The number of amides is 1. The molecule has 0 spiro atoms. The number of nitrogens with zero attached hydrogens (tertiary/aromatic N) is 2. The molecule has 0 aromatic carbocycles. The first-order valence-electron chi connectivity index (χ1n) is 3.73. The lowest BCUT2D eigenvalue weighted by atomic mass is 10.6. The molecule has 0 aliphatic rings. The van der Waals surface area contributed by atoms with Crippen LogP contribution in [0.15, 0.2) is 12.4 Å². The minimum Gasteiger partial charge on any atom is -0.353 e. The molecule has 0 saturated heterocycles. The molecular weight excluding hydrogens is 213 g/mol. The van der Waals surface area contributed by atoms with Crippen molar-refractivity contribution in [3.63, 3.8) is 0 Å². The zero-order valence-corrected chi connectivity index (χ0v) is 8.35. The third-order valence-corrected chi connectivity index (χ3v) is 1.82. The first-order chi connectivity index (χ1) is 6.22. The van der Waals surface area contributed by atoms with E-state index in [1.54, 1.807) is 17.1 Å². The molecule has 1 aromatic heterocycles. The van der Waals surface area contributed by atoms with E-state index in [2.05, 4.69) is 10.4 Å². The Morgan fingerprint density at radius 3 is 3.00 bits per heavy atom. The molecule has 0 fully saturated rings. The molecule has 1 amide bonds. The summed E-state index contributed by atoms with van der Waals surface area (Å²) in [4.78, 5) is 10.7. The summed E-state index contributed by atoms with van der Waals surface area (Å²) in [6.07, 6.45) is 3.24. The fourth-order valence-electron chi connectivity index (χ4n) is 0.818. The van der Waals surface area contributed by atoms with Gasteiger partial charge in [-0.05, 0) is 0 Å². The van der Waals surface area contributed by atoms with E-state index in [1.807, 2.05) is 0 Å². The van der Waals surface area contributed by atoms with Crippen LogP contribution in [-0.2, 0) is 11.3 Å². The third kappa shape index (κ3) is 3.65. The van der Waals surface area contributed by atoms with Gasteiger partial charge < -0.3 is 5.32 Å². The second-order valence-electron chi connectivity index (χ2n) is 2.41. The Kier molecular flexibility index (Phi) is 4.05. The van der Waals surface area contributed by atoms with Crippen LogP contribution in [0.1, 0.15) is 0 Å². The van der Waals surface area contributed by atoms with E-state index in [0.29, 0.717) is 18.1 Å². The van der Waals surface area contributed by atoms with Crippen LogP contribution in [0.5, 0.6) is 0 Å². The van der Waals surface area contributed by atoms with Gasteiger partial charge >= 0.3 is 0 Å². The number of carbonyl (C=O) groups excluding carboxylic acids is 1. The van der Waals surface area contributed by atoms with E-state index in [0.717, 1.165) is 0 Å². The molecule has 1 N–H and O–H groups in total. The second kappa shape index (κ2) is 5.09. The van der Waals surface area contributed by atoms with Crippen molar-refractivity contribution in [3.05, 3.63) is 17.4 Å². The van der Waals surface area contributed by atoms with E-state index >= 15 is 0 Å². The lowest BCUT2D eigenvalue weighted by Gasteiger charge is -2.02. The predicted octanol–water partition coefficient (Wildman–Crippen LogP) is 0.891. The molecule has 13 heavy (non-hydrogen) atoms.